The number of ether oxygens (including phenoxy) is 1. The van der Waals surface area contributed by atoms with E-state index in [1.54, 1.807) is 18.9 Å². The lowest BCUT2D eigenvalue weighted by molar-refractivity contribution is 0.415. The van der Waals surface area contributed by atoms with Crippen molar-refractivity contribution in [1.82, 2.24) is 0 Å². The van der Waals surface area contributed by atoms with Crippen LogP contribution in [0.2, 0.25) is 0 Å². The van der Waals surface area contributed by atoms with Gasteiger partial charge in [-0.15, -0.1) is 11.8 Å². The molecule has 1 aromatic rings. The Labute approximate surface area is 83.5 Å². The van der Waals surface area contributed by atoms with Crippen molar-refractivity contribution >= 4 is 17.4 Å². The highest BCUT2D eigenvalue weighted by molar-refractivity contribution is 7.99. The van der Waals surface area contributed by atoms with Gasteiger partial charge in [-0.2, -0.15) is 0 Å². The van der Waals surface area contributed by atoms with Crippen LogP contribution in [0.5, 0.6) is 5.75 Å². The Kier molecular flexibility index (Phi) is 3.96. The molecule has 0 amide bonds. The standard InChI is InChI=1S/C10H15NOS/c1-3-6-13-10-5-4-8(12-2)7-9(10)11/h4-5,7H,3,6,11H2,1-2H3. The van der Waals surface area contributed by atoms with E-state index >= 15 is 0 Å². The van der Waals surface area contributed by atoms with Crippen LogP contribution in [-0.2, 0) is 0 Å². The number of methoxy groups -OCH3 is 1. The summed E-state index contributed by atoms with van der Waals surface area (Å²) >= 11 is 1.79. The number of nitrogen functional groups attached to an aromatic ring is 1. The number of rotatable bonds is 4. The molecule has 0 unspecified atom stereocenters. The molecule has 0 aliphatic rings. The van der Waals surface area contributed by atoms with Gasteiger partial charge in [-0.05, 0) is 24.3 Å². The van der Waals surface area contributed by atoms with E-state index in [1.165, 1.54) is 0 Å². The predicted molar refractivity (Wildman–Crippen MR) is 58.4 cm³/mol. The average molecular weight is 197 g/mol. The quantitative estimate of drug-likeness (QED) is 0.595. The molecule has 0 saturated carbocycles. The van der Waals surface area contributed by atoms with Gasteiger partial charge in [-0.3, -0.25) is 0 Å². The van der Waals surface area contributed by atoms with E-state index < -0.39 is 0 Å². The summed E-state index contributed by atoms with van der Waals surface area (Å²) in [5.41, 5.74) is 6.64. The van der Waals surface area contributed by atoms with Crippen molar-refractivity contribution in [2.75, 3.05) is 18.6 Å². The average Bonchev–Trinajstić information content (AvgIpc) is 2.16. The summed E-state index contributed by atoms with van der Waals surface area (Å²) in [7, 11) is 1.65. The van der Waals surface area contributed by atoms with Crippen LogP contribution < -0.4 is 10.5 Å². The molecule has 3 heteroatoms. The van der Waals surface area contributed by atoms with Gasteiger partial charge in [0.25, 0.3) is 0 Å². The first-order valence-corrected chi connectivity index (χ1v) is 5.32. The van der Waals surface area contributed by atoms with Crippen molar-refractivity contribution in [2.45, 2.75) is 18.2 Å². The van der Waals surface area contributed by atoms with Crippen molar-refractivity contribution < 1.29 is 4.74 Å². The van der Waals surface area contributed by atoms with Crippen LogP contribution in [-0.4, -0.2) is 12.9 Å². The number of hydrogen-bond acceptors (Lipinski definition) is 3. The Morgan fingerprint density at radius 1 is 1.46 bits per heavy atom. The summed E-state index contributed by atoms with van der Waals surface area (Å²) in [5, 5.41) is 0. The molecule has 13 heavy (non-hydrogen) atoms. The third-order valence-electron chi connectivity index (χ3n) is 1.68. The monoisotopic (exact) mass is 197 g/mol. The first kappa shape index (κ1) is 10.3. The zero-order valence-corrected chi connectivity index (χ0v) is 8.86. The largest absolute Gasteiger partial charge is 0.497 e. The molecule has 1 rings (SSSR count). The first-order chi connectivity index (χ1) is 6.27. The summed E-state index contributed by atoms with van der Waals surface area (Å²) in [6.45, 7) is 2.16. The van der Waals surface area contributed by atoms with Crippen LogP contribution in [0.1, 0.15) is 13.3 Å². The van der Waals surface area contributed by atoms with E-state index in [9.17, 15) is 0 Å². The molecular weight excluding hydrogens is 182 g/mol. The van der Waals surface area contributed by atoms with Crippen LogP contribution in [0.3, 0.4) is 0 Å². The Bertz CT molecular complexity index is 276. The summed E-state index contributed by atoms with van der Waals surface area (Å²) in [6, 6.07) is 5.81. The van der Waals surface area contributed by atoms with E-state index in [2.05, 4.69) is 6.92 Å². The summed E-state index contributed by atoms with van der Waals surface area (Å²) in [5.74, 6) is 1.93. The zero-order chi connectivity index (χ0) is 9.68. The minimum absolute atomic E-state index is 0.804. The molecule has 0 fully saturated rings. The van der Waals surface area contributed by atoms with Crippen LogP contribution >= 0.6 is 11.8 Å². The SMILES string of the molecule is CCCSc1ccc(OC)cc1N. The van der Waals surface area contributed by atoms with Gasteiger partial charge in [0.1, 0.15) is 5.75 Å². The molecule has 0 heterocycles. The van der Waals surface area contributed by atoms with E-state index in [4.69, 9.17) is 10.5 Å². The van der Waals surface area contributed by atoms with Crippen molar-refractivity contribution in [3.8, 4) is 5.75 Å². The molecule has 1 aromatic carbocycles. The minimum Gasteiger partial charge on any atom is -0.497 e. The molecule has 0 aliphatic carbocycles. The van der Waals surface area contributed by atoms with Crippen molar-refractivity contribution in [2.24, 2.45) is 0 Å². The lowest BCUT2D eigenvalue weighted by Crippen LogP contribution is -1.91. The van der Waals surface area contributed by atoms with Crippen LogP contribution in [0.25, 0.3) is 0 Å². The predicted octanol–water partition coefficient (Wildman–Crippen LogP) is 2.78. The normalized spacial score (nSPS) is 10.0. The Hall–Kier alpha value is -0.830. The maximum atomic E-state index is 5.84. The lowest BCUT2D eigenvalue weighted by atomic mass is 10.3. The number of hydrogen-bond donors (Lipinski definition) is 1. The molecule has 0 saturated heterocycles. The highest BCUT2D eigenvalue weighted by Gasteiger charge is 2.00. The second-order valence-corrected chi connectivity index (χ2v) is 3.89. The van der Waals surface area contributed by atoms with Gasteiger partial charge in [-0.25, -0.2) is 0 Å². The molecule has 2 nitrogen and oxygen atoms in total. The molecule has 0 aromatic heterocycles. The molecule has 0 aliphatic heterocycles. The molecule has 2 N–H and O–H groups in total. The van der Waals surface area contributed by atoms with Gasteiger partial charge < -0.3 is 10.5 Å². The highest BCUT2D eigenvalue weighted by atomic mass is 32.2. The van der Waals surface area contributed by atoms with E-state index in [-0.39, 0.29) is 0 Å². The van der Waals surface area contributed by atoms with Crippen LogP contribution in [0.4, 0.5) is 5.69 Å². The highest BCUT2D eigenvalue weighted by Crippen LogP contribution is 2.28. The number of benzene rings is 1. The van der Waals surface area contributed by atoms with Crippen LogP contribution in [0, 0.1) is 0 Å². The molecule has 0 bridgehead atoms. The number of nitrogens with two attached hydrogens (primary N) is 1. The molecule has 0 radical (unpaired) electrons. The summed E-state index contributed by atoms with van der Waals surface area (Å²) in [4.78, 5) is 1.14. The smallest absolute Gasteiger partial charge is 0.120 e. The Morgan fingerprint density at radius 2 is 2.23 bits per heavy atom. The molecule has 72 valence electrons. The summed E-state index contributed by atoms with van der Waals surface area (Å²) in [6.07, 6.45) is 1.16. The van der Waals surface area contributed by atoms with Gasteiger partial charge in [0, 0.05) is 16.6 Å². The molecular formula is C10H15NOS. The van der Waals surface area contributed by atoms with Gasteiger partial charge in [0.2, 0.25) is 0 Å². The maximum Gasteiger partial charge on any atom is 0.120 e. The topological polar surface area (TPSA) is 35.2 Å². The van der Waals surface area contributed by atoms with Gasteiger partial charge >= 0.3 is 0 Å². The lowest BCUT2D eigenvalue weighted by Gasteiger charge is -2.06. The second kappa shape index (κ2) is 5.02. The fraction of sp³-hybridized carbons (Fsp3) is 0.400. The molecule has 0 spiro atoms. The first-order valence-electron chi connectivity index (χ1n) is 4.34. The second-order valence-electron chi connectivity index (χ2n) is 2.75. The van der Waals surface area contributed by atoms with Gasteiger partial charge in [0.15, 0.2) is 0 Å². The third-order valence-corrected chi connectivity index (χ3v) is 2.97. The van der Waals surface area contributed by atoms with Gasteiger partial charge in [-0.1, -0.05) is 6.92 Å². The Morgan fingerprint density at radius 3 is 2.77 bits per heavy atom. The van der Waals surface area contributed by atoms with Gasteiger partial charge in [0.05, 0.1) is 7.11 Å². The fourth-order valence-corrected chi connectivity index (χ4v) is 1.81. The number of anilines is 1. The molecule has 0 atom stereocenters. The zero-order valence-electron chi connectivity index (χ0n) is 8.04. The maximum absolute atomic E-state index is 5.84. The number of thioether (sulfide) groups is 1. The Balaban J connectivity index is 2.73. The van der Waals surface area contributed by atoms with Crippen molar-refractivity contribution in [3.63, 3.8) is 0 Å². The van der Waals surface area contributed by atoms with E-state index in [1.807, 2.05) is 18.2 Å². The third kappa shape index (κ3) is 2.84. The van der Waals surface area contributed by atoms with E-state index in [0.29, 0.717) is 0 Å². The summed E-state index contributed by atoms with van der Waals surface area (Å²) < 4.78 is 5.07. The van der Waals surface area contributed by atoms with Crippen molar-refractivity contribution in [1.29, 1.82) is 0 Å². The van der Waals surface area contributed by atoms with Crippen LogP contribution in [0.15, 0.2) is 23.1 Å². The van der Waals surface area contributed by atoms with E-state index in [0.717, 1.165) is 28.5 Å². The minimum atomic E-state index is 0.804. The van der Waals surface area contributed by atoms with Crippen molar-refractivity contribution in [3.05, 3.63) is 18.2 Å². The fourth-order valence-electron chi connectivity index (χ4n) is 0.997.